The van der Waals surface area contributed by atoms with E-state index < -0.39 is 0 Å². The van der Waals surface area contributed by atoms with E-state index in [0.29, 0.717) is 10.2 Å². The average Bonchev–Trinajstić information content (AvgIpc) is 1.94. The van der Waals surface area contributed by atoms with Crippen molar-refractivity contribution in [3.8, 4) is 0 Å². The van der Waals surface area contributed by atoms with Gasteiger partial charge >= 0.3 is 0 Å². The Bertz CT molecular complexity index is 305. The van der Waals surface area contributed by atoms with Gasteiger partial charge in [-0.2, -0.15) is 0 Å². The van der Waals surface area contributed by atoms with Crippen molar-refractivity contribution in [2.75, 3.05) is 5.32 Å². The number of anilines is 1. The summed E-state index contributed by atoms with van der Waals surface area (Å²) in [6.07, 6.45) is 1.67. The van der Waals surface area contributed by atoms with E-state index in [2.05, 4.69) is 31.1 Å². The van der Waals surface area contributed by atoms with Gasteiger partial charge in [0.2, 0.25) is 0 Å². The fourth-order valence-electron chi connectivity index (χ4n) is 0.923. The zero-order valence-corrected chi connectivity index (χ0v) is 9.37. The second kappa shape index (κ2) is 3.72. The van der Waals surface area contributed by atoms with Gasteiger partial charge < -0.3 is 5.32 Å². The molecule has 0 spiro atoms. The van der Waals surface area contributed by atoms with Gasteiger partial charge in [-0.25, -0.2) is 4.98 Å². The molecule has 0 bridgehead atoms. The van der Waals surface area contributed by atoms with Crippen molar-refractivity contribution in [1.82, 2.24) is 4.98 Å². The van der Waals surface area contributed by atoms with E-state index in [4.69, 9.17) is 23.2 Å². The van der Waals surface area contributed by atoms with Gasteiger partial charge in [-0.3, -0.25) is 0 Å². The first-order valence-electron chi connectivity index (χ1n) is 3.98. The van der Waals surface area contributed by atoms with Crippen LogP contribution in [0, 0.1) is 0 Å². The van der Waals surface area contributed by atoms with Crippen LogP contribution in [0.2, 0.25) is 10.2 Å². The van der Waals surface area contributed by atoms with Gasteiger partial charge in [0.25, 0.3) is 0 Å². The summed E-state index contributed by atoms with van der Waals surface area (Å²) in [7, 11) is 0. The van der Waals surface area contributed by atoms with Crippen LogP contribution in [0.25, 0.3) is 0 Å². The maximum absolute atomic E-state index is 5.81. The Morgan fingerprint density at radius 3 is 2.38 bits per heavy atom. The lowest BCUT2D eigenvalue weighted by atomic mass is 10.1. The predicted octanol–water partition coefficient (Wildman–Crippen LogP) is 3.60. The maximum atomic E-state index is 5.81. The van der Waals surface area contributed by atoms with Gasteiger partial charge in [-0.05, 0) is 26.8 Å². The van der Waals surface area contributed by atoms with Gasteiger partial charge in [-0.15, -0.1) is 0 Å². The quantitative estimate of drug-likeness (QED) is 0.730. The third kappa shape index (κ3) is 3.41. The fourth-order valence-corrected chi connectivity index (χ4v) is 1.19. The number of nitrogens with zero attached hydrogens (tertiary/aromatic N) is 1. The molecule has 0 radical (unpaired) electrons. The molecular formula is C9H12Cl2N2. The lowest BCUT2D eigenvalue weighted by Crippen LogP contribution is -2.26. The SMILES string of the molecule is CC(C)(C)Nc1cnc(Cl)c(Cl)c1. The molecule has 0 aliphatic heterocycles. The summed E-state index contributed by atoms with van der Waals surface area (Å²) in [5.74, 6) is 0. The molecule has 0 saturated heterocycles. The Labute approximate surface area is 88.3 Å². The number of hydrogen-bond acceptors (Lipinski definition) is 2. The number of halogens is 2. The van der Waals surface area contributed by atoms with Crippen molar-refractivity contribution in [2.24, 2.45) is 0 Å². The molecule has 0 amide bonds. The van der Waals surface area contributed by atoms with E-state index in [-0.39, 0.29) is 5.54 Å². The van der Waals surface area contributed by atoms with Gasteiger partial charge in [0.05, 0.1) is 16.9 Å². The largest absolute Gasteiger partial charge is 0.379 e. The lowest BCUT2D eigenvalue weighted by Gasteiger charge is -2.21. The van der Waals surface area contributed by atoms with E-state index in [1.165, 1.54) is 0 Å². The first-order chi connectivity index (χ1) is 5.88. The predicted molar refractivity (Wildman–Crippen MR) is 57.6 cm³/mol. The number of aromatic nitrogens is 1. The number of hydrogen-bond donors (Lipinski definition) is 1. The normalized spacial score (nSPS) is 11.5. The summed E-state index contributed by atoms with van der Waals surface area (Å²) in [6, 6.07) is 1.77. The molecule has 0 aliphatic rings. The van der Waals surface area contributed by atoms with E-state index >= 15 is 0 Å². The van der Waals surface area contributed by atoms with Crippen molar-refractivity contribution in [1.29, 1.82) is 0 Å². The molecule has 1 N–H and O–H groups in total. The van der Waals surface area contributed by atoms with Crippen LogP contribution in [-0.4, -0.2) is 10.5 Å². The molecule has 1 aromatic rings. The summed E-state index contributed by atoms with van der Waals surface area (Å²) in [5, 5.41) is 4.05. The Morgan fingerprint density at radius 2 is 1.92 bits per heavy atom. The molecule has 0 atom stereocenters. The van der Waals surface area contributed by atoms with E-state index in [1.54, 1.807) is 12.3 Å². The monoisotopic (exact) mass is 218 g/mol. The van der Waals surface area contributed by atoms with Crippen molar-refractivity contribution in [3.63, 3.8) is 0 Å². The minimum absolute atomic E-state index is 0.00115. The highest BCUT2D eigenvalue weighted by atomic mass is 35.5. The van der Waals surface area contributed by atoms with Gasteiger partial charge in [-0.1, -0.05) is 23.2 Å². The smallest absolute Gasteiger partial charge is 0.147 e. The van der Waals surface area contributed by atoms with Crippen molar-refractivity contribution >= 4 is 28.9 Å². The third-order valence-electron chi connectivity index (χ3n) is 1.32. The Morgan fingerprint density at radius 1 is 1.31 bits per heavy atom. The van der Waals surface area contributed by atoms with E-state index in [9.17, 15) is 0 Å². The van der Waals surface area contributed by atoms with Crippen LogP contribution >= 0.6 is 23.2 Å². The molecule has 0 aliphatic carbocycles. The summed E-state index contributed by atoms with van der Waals surface area (Å²) in [5.41, 5.74) is 0.876. The average molecular weight is 219 g/mol. The molecular weight excluding hydrogens is 207 g/mol. The Kier molecular flexibility index (Phi) is 3.04. The molecule has 1 aromatic heterocycles. The highest BCUT2D eigenvalue weighted by Crippen LogP contribution is 2.23. The number of rotatable bonds is 1. The molecule has 1 rings (SSSR count). The molecule has 0 fully saturated rings. The zero-order valence-electron chi connectivity index (χ0n) is 7.86. The first kappa shape index (κ1) is 10.6. The molecule has 0 saturated carbocycles. The molecule has 4 heteroatoms. The van der Waals surface area contributed by atoms with Crippen LogP contribution in [0.5, 0.6) is 0 Å². The summed E-state index contributed by atoms with van der Waals surface area (Å²) in [6.45, 7) is 6.19. The van der Waals surface area contributed by atoms with Crippen molar-refractivity contribution in [3.05, 3.63) is 22.4 Å². The standard InChI is InChI=1S/C9H12Cl2N2/c1-9(2,3)13-6-4-7(10)8(11)12-5-6/h4-5,13H,1-3H3. The van der Waals surface area contributed by atoms with Crippen LogP contribution in [0.15, 0.2) is 12.3 Å². The lowest BCUT2D eigenvalue weighted by molar-refractivity contribution is 0.633. The molecule has 2 nitrogen and oxygen atoms in total. The Hall–Kier alpha value is -0.470. The molecule has 1 heterocycles. The van der Waals surface area contributed by atoms with Gasteiger partial charge in [0.15, 0.2) is 0 Å². The third-order valence-corrected chi connectivity index (χ3v) is 2.00. The highest BCUT2D eigenvalue weighted by molar-refractivity contribution is 6.41. The summed E-state index contributed by atoms with van der Waals surface area (Å²) < 4.78 is 0. The molecule has 0 aromatic carbocycles. The minimum Gasteiger partial charge on any atom is -0.379 e. The van der Waals surface area contributed by atoms with E-state index in [1.807, 2.05) is 0 Å². The first-order valence-corrected chi connectivity index (χ1v) is 4.73. The molecule has 0 unspecified atom stereocenters. The second-order valence-electron chi connectivity index (χ2n) is 3.87. The van der Waals surface area contributed by atoms with Gasteiger partial charge in [0, 0.05) is 5.54 Å². The highest BCUT2D eigenvalue weighted by Gasteiger charge is 2.10. The fraction of sp³-hybridized carbons (Fsp3) is 0.444. The summed E-state index contributed by atoms with van der Waals surface area (Å²) >= 11 is 11.5. The molecule has 72 valence electrons. The zero-order chi connectivity index (χ0) is 10.1. The minimum atomic E-state index is -0.00115. The van der Waals surface area contributed by atoms with Crippen molar-refractivity contribution in [2.45, 2.75) is 26.3 Å². The van der Waals surface area contributed by atoms with Gasteiger partial charge in [0.1, 0.15) is 5.15 Å². The van der Waals surface area contributed by atoms with Crippen LogP contribution < -0.4 is 5.32 Å². The summed E-state index contributed by atoms with van der Waals surface area (Å²) in [4.78, 5) is 3.93. The van der Waals surface area contributed by atoms with Crippen LogP contribution in [0.4, 0.5) is 5.69 Å². The van der Waals surface area contributed by atoms with Crippen molar-refractivity contribution < 1.29 is 0 Å². The second-order valence-corrected chi connectivity index (χ2v) is 4.64. The van der Waals surface area contributed by atoms with Crippen LogP contribution in [0.1, 0.15) is 20.8 Å². The number of nitrogens with one attached hydrogen (secondary N) is 1. The topological polar surface area (TPSA) is 24.9 Å². The molecule has 13 heavy (non-hydrogen) atoms. The van der Waals surface area contributed by atoms with E-state index in [0.717, 1.165) is 5.69 Å². The maximum Gasteiger partial charge on any atom is 0.147 e. The number of pyridine rings is 1. The van der Waals surface area contributed by atoms with Crippen LogP contribution in [-0.2, 0) is 0 Å². The van der Waals surface area contributed by atoms with Crippen LogP contribution in [0.3, 0.4) is 0 Å². The Balaban J connectivity index is 2.86.